The van der Waals surface area contributed by atoms with Gasteiger partial charge in [-0.3, -0.25) is 9.48 Å². The molecule has 0 saturated carbocycles. The standard InChI is InChI=1S/C22H24N4O3S/c1-25(2)18-10-8-17(9-11-18)23-22(27)20-14-21(16-6-4-3-5-7-16)26(24-20)19-12-13-30(28,29)15-19/h3-11,14,19H,12-13,15H2,1-2H3,(H,23,27). The Kier molecular flexibility index (Phi) is 5.34. The van der Waals surface area contributed by atoms with Crippen LogP contribution >= 0.6 is 0 Å². The van der Waals surface area contributed by atoms with Gasteiger partial charge >= 0.3 is 0 Å². The van der Waals surface area contributed by atoms with E-state index in [4.69, 9.17) is 0 Å². The molecule has 1 atom stereocenters. The number of nitrogens with zero attached hydrogens (tertiary/aromatic N) is 3. The van der Waals surface area contributed by atoms with Crippen molar-refractivity contribution in [2.45, 2.75) is 12.5 Å². The first-order valence-corrected chi connectivity index (χ1v) is 11.6. The number of hydrogen-bond acceptors (Lipinski definition) is 5. The fraction of sp³-hybridized carbons (Fsp3) is 0.273. The van der Waals surface area contributed by atoms with E-state index in [-0.39, 0.29) is 29.1 Å². The normalized spacial score (nSPS) is 17.6. The third-order valence-corrected chi connectivity index (χ3v) is 6.98. The van der Waals surface area contributed by atoms with Gasteiger partial charge in [-0.05, 0) is 42.3 Å². The number of anilines is 2. The van der Waals surface area contributed by atoms with E-state index >= 15 is 0 Å². The molecule has 8 heteroatoms. The Bertz CT molecular complexity index is 1150. The average Bonchev–Trinajstić information content (AvgIpc) is 3.32. The monoisotopic (exact) mass is 424 g/mol. The molecule has 0 radical (unpaired) electrons. The number of hydrogen-bond donors (Lipinski definition) is 1. The van der Waals surface area contributed by atoms with Gasteiger partial charge in [0.25, 0.3) is 5.91 Å². The van der Waals surface area contributed by atoms with E-state index in [2.05, 4.69) is 10.4 Å². The van der Waals surface area contributed by atoms with Crippen LogP contribution in [0.1, 0.15) is 23.0 Å². The van der Waals surface area contributed by atoms with Crippen LogP contribution < -0.4 is 10.2 Å². The van der Waals surface area contributed by atoms with Crippen molar-refractivity contribution in [3.63, 3.8) is 0 Å². The minimum Gasteiger partial charge on any atom is -0.378 e. The Morgan fingerprint density at radius 1 is 1.10 bits per heavy atom. The van der Waals surface area contributed by atoms with E-state index in [1.54, 1.807) is 10.7 Å². The van der Waals surface area contributed by atoms with Crippen molar-refractivity contribution in [3.05, 3.63) is 66.4 Å². The molecular formula is C22H24N4O3S. The highest BCUT2D eigenvalue weighted by molar-refractivity contribution is 7.91. The number of carbonyl (C=O) groups excluding carboxylic acids is 1. The van der Waals surface area contributed by atoms with E-state index in [1.807, 2.05) is 73.6 Å². The molecule has 1 N–H and O–H groups in total. The molecule has 2 heterocycles. The van der Waals surface area contributed by atoms with Gasteiger partial charge in [0.15, 0.2) is 15.5 Å². The Morgan fingerprint density at radius 3 is 2.40 bits per heavy atom. The smallest absolute Gasteiger partial charge is 0.276 e. The van der Waals surface area contributed by atoms with Crippen LogP contribution in [0.15, 0.2) is 60.7 Å². The van der Waals surface area contributed by atoms with Crippen molar-refractivity contribution in [2.24, 2.45) is 0 Å². The zero-order chi connectivity index (χ0) is 21.3. The second-order valence-corrected chi connectivity index (χ2v) is 9.91. The zero-order valence-electron chi connectivity index (χ0n) is 16.9. The molecule has 1 fully saturated rings. The van der Waals surface area contributed by atoms with E-state index in [0.717, 1.165) is 16.9 Å². The van der Waals surface area contributed by atoms with Gasteiger partial charge < -0.3 is 10.2 Å². The summed E-state index contributed by atoms with van der Waals surface area (Å²) in [6.45, 7) is 0. The SMILES string of the molecule is CN(C)c1ccc(NC(=O)c2cc(-c3ccccc3)n(C3CCS(=O)(=O)C3)n2)cc1. The summed E-state index contributed by atoms with van der Waals surface area (Å²) in [5, 5.41) is 7.38. The maximum absolute atomic E-state index is 12.9. The van der Waals surface area contributed by atoms with Crippen LogP contribution in [0.3, 0.4) is 0 Å². The molecule has 1 unspecified atom stereocenters. The first-order chi connectivity index (χ1) is 14.3. The number of amides is 1. The topological polar surface area (TPSA) is 84.3 Å². The van der Waals surface area contributed by atoms with Gasteiger partial charge in [-0.15, -0.1) is 0 Å². The van der Waals surface area contributed by atoms with E-state index in [1.165, 1.54) is 0 Å². The molecule has 0 aliphatic carbocycles. The quantitative estimate of drug-likeness (QED) is 0.680. The van der Waals surface area contributed by atoms with Gasteiger partial charge in [-0.1, -0.05) is 30.3 Å². The molecule has 0 spiro atoms. The molecule has 156 valence electrons. The predicted molar refractivity (Wildman–Crippen MR) is 119 cm³/mol. The first-order valence-electron chi connectivity index (χ1n) is 9.76. The lowest BCUT2D eigenvalue weighted by Gasteiger charge is -2.13. The summed E-state index contributed by atoms with van der Waals surface area (Å²) in [4.78, 5) is 14.8. The Hall–Kier alpha value is -3.13. The second kappa shape index (κ2) is 7.95. The van der Waals surface area contributed by atoms with Crippen LogP contribution in [-0.2, 0) is 9.84 Å². The number of sulfone groups is 1. The third-order valence-electron chi connectivity index (χ3n) is 5.23. The maximum Gasteiger partial charge on any atom is 0.276 e. The minimum absolute atomic E-state index is 0.0432. The highest BCUT2D eigenvalue weighted by Crippen LogP contribution is 2.30. The zero-order valence-corrected chi connectivity index (χ0v) is 17.8. The number of nitrogens with one attached hydrogen (secondary N) is 1. The van der Waals surface area contributed by atoms with Gasteiger partial charge in [0.2, 0.25) is 0 Å². The number of aromatic nitrogens is 2. The molecule has 2 aromatic carbocycles. The van der Waals surface area contributed by atoms with Gasteiger partial charge in [-0.2, -0.15) is 5.10 Å². The molecule has 3 aromatic rings. The maximum atomic E-state index is 12.9. The molecule has 1 aliphatic heterocycles. The summed E-state index contributed by atoms with van der Waals surface area (Å²) < 4.78 is 25.7. The van der Waals surface area contributed by atoms with Gasteiger partial charge in [0, 0.05) is 25.5 Å². The summed E-state index contributed by atoms with van der Waals surface area (Å²) in [6.07, 6.45) is 0.497. The third kappa shape index (κ3) is 4.23. The Labute approximate surface area is 176 Å². The average molecular weight is 425 g/mol. The van der Waals surface area contributed by atoms with E-state index < -0.39 is 9.84 Å². The predicted octanol–water partition coefficient (Wildman–Crippen LogP) is 3.23. The molecule has 7 nitrogen and oxygen atoms in total. The van der Waals surface area contributed by atoms with Crippen LogP contribution in [0, 0.1) is 0 Å². The van der Waals surface area contributed by atoms with Crippen molar-refractivity contribution in [1.82, 2.24) is 9.78 Å². The molecule has 1 aromatic heterocycles. The first kappa shape index (κ1) is 20.2. The Morgan fingerprint density at radius 2 is 1.80 bits per heavy atom. The fourth-order valence-electron chi connectivity index (χ4n) is 3.61. The van der Waals surface area contributed by atoms with Gasteiger partial charge in [-0.25, -0.2) is 8.42 Å². The van der Waals surface area contributed by atoms with Crippen LogP contribution in [0.4, 0.5) is 11.4 Å². The molecular weight excluding hydrogens is 400 g/mol. The minimum atomic E-state index is -3.08. The van der Waals surface area contributed by atoms with Crippen LogP contribution in [0.5, 0.6) is 0 Å². The van der Waals surface area contributed by atoms with Gasteiger partial charge in [0.1, 0.15) is 0 Å². The number of carbonyl (C=O) groups is 1. The van der Waals surface area contributed by atoms with Crippen molar-refractivity contribution in [3.8, 4) is 11.3 Å². The van der Waals surface area contributed by atoms with E-state index in [0.29, 0.717) is 12.1 Å². The largest absolute Gasteiger partial charge is 0.378 e. The summed E-state index contributed by atoms with van der Waals surface area (Å²) in [5.74, 6) is -0.142. The number of benzene rings is 2. The van der Waals surface area contributed by atoms with Crippen LogP contribution in [-0.4, -0.2) is 49.7 Å². The molecule has 1 saturated heterocycles. The lowest BCUT2D eigenvalue weighted by atomic mass is 10.1. The lowest BCUT2D eigenvalue weighted by Crippen LogP contribution is -2.16. The molecule has 1 aliphatic rings. The highest BCUT2D eigenvalue weighted by Gasteiger charge is 2.32. The molecule has 30 heavy (non-hydrogen) atoms. The highest BCUT2D eigenvalue weighted by atomic mass is 32.2. The second-order valence-electron chi connectivity index (χ2n) is 7.68. The summed E-state index contributed by atoms with van der Waals surface area (Å²) >= 11 is 0. The van der Waals surface area contributed by atoms with Crippen LogP contribution in [0.2, 0.25) is 0 Å². The number of rotatable bonds is 5. The molecule has 4 rings (SSSR count). The summed E-state index contributed by atoms with van der Waals surface area (Å²) in [7, 11) is 0.827. The molecule has 1 amide bonds. The summed E-state index contributed by atoms with van der Waals surface area (Å²) in [6, 6.07) is 18.6. The lowest BCUT2D eigenvalue weighted by molar-refractivity contribution is 0.102. The van der Waals surface area contributed by atoms with E-state index in [9.17, 15) is 13.2 Å². The van der Waals surface area contributed by atoms with Crippen molar-refractivity contribution < 1.29 is 13.2 Å². The van der Waals surface area contributed by atoms with Crippen molar-refractivity contribution in [1.29, 1.82) is 0 Å². The van der Waals surface area contributed by atoms with Crippen LogP contribution in [0.25, 0.3) is 11.3 Å². The van der Waals surface area contributed by atoms with Crippen molar-refractivity contribution in [2.75, 3.05) is 35.8 Å². The Balaban J connectivity index is 1.64. The molecule has 0 bridgehead atoms. The van der Waals surface area contributed by atoms with Gasteiger partial charge in [0.05, 0.1) is 23.2 Å². The van der Waals surface area contributed by atoms with Crippen molar-refractivity contribution >= 4 is 27.1 Å². The fourth-order valence-corrected chi connectivity index (χ4v) is 5.31. The summed E-state index contributed by atoms with van der Waals surface area (Å²) in [5.41, 5.74) is 3.60.